The molecule has 0 aliphatic carbocycles. The van der Waals surface area contributed by atoms with Crippen LogP contribution >= 0.6 is 0 Å². The first kappa shape index (κ1) is 18.0. The van der Waals surface area contributed by atoms with E-state index < -0.39 is 22.9 Å². The topological polar surface area (TPSA) is 23.5 Å². The normalized spacial score (nSPS) is 16.8. The van der Waals surface area contributed by atoms with Crippen molar-refractivity contribution in [2.75, 3.05) is 0 Å². The fourth-order valence-electron chi connectivity index (χ4n) is 3.27. The number of hydrogen-bond donors (Lipinski definition) is 1. The molecule has 1 N–H and O–H groups in total. The summed E-state index contributed by atoms with van der Waals surface area (Å²) in [6.07, 6.45) is 0. The van der Waals surface area contributed by atoms with Gasteiger partial charge >= 0.3 is 5.92 Å². The van der Waals surface area contributed by atoms with Gasteiger partial charge < -0.3 is 5.11 Å². The molecule has 0 unspecified atom stereocenters. The highest BCUT2D eigenvalue weighted by atomic mass is 19.3. The van der Waals surface area contributed by atoms with E-state index in [1.54, 1.807) is 0 Å². The Labute approximate surface area is 145 Å². The summed E-state index contributed by atoms with van der Waals surface area (Å²) >= 11 is 0. The third-order valence-corrected chi connectivity index (χ3v) is 5.00. The minimum Gasteiger partial charge on any atom is -0.384 e. The third-order valence-electron chi connectivity index (χ3n) is 5.00. The first-order valence-electron chi connectivity index (χ1n) is 8.33. The average molecular weight is 349 g/mol. The molecule has 3 rings (SSSR count). The molecule has 1 aliphatic heterocycles. The summed E-state index contributed by atoms with van der Waals surface area (Å²) in [6, 6.07) is 11.6. The lowest BCUT2D eigenvalue weighted by Gasteiger charge is -2.31. The average Bonchev–Trinajstić information content (AvgIpc) is 2.97. The van der Waals surface area contributed by atoms with Gasteiger partial charge in [-0.1, -0.05) is 36.4 Å². The molecule has 0 saturated heterocycles. The van der Waals surface area contributed by atoms with E-state index in [4.69, 9.17) is 0 Å². The van der Waals surface area contributed by atoms with Crippen LogP contribution < -0.4 is 0 Å². The quantitative estimate of drug-likeness (QED) is 0.860. The summed E-state index contributed by atoms with van der Waals surface area (Å²) < 4.78 is 43.8. The van der Waals surface area contributed by atoms with Crippen LogP contribution in [0, 0.1) is 5.82 Å². The van der Waals surface area contributed by atoms with Crippen molar-refractivity contribution in [3.63, 3.8) is 0 Å². The maximum absolute atomic E-state index is 14.9. The van der Waals surface area contributed by atoms with E-state index >= 15 is 0 Å². The van der Waals surface area contributed by atoms with Crippen molar-refractivity contribution in [1.82, 2.24) is 4.90 Å². The van der Waals surface area contributed by atoms with Crippen LogP contribution in [0.25, 0.3) is 0 Å². The molecule has 2 nitrogen and oxygen atoms in total. The second-order valence-corrected chi connectivity index (χ2v) is 7.19. The van der Waals surface area contributed by atoms with E-state index in [1.165, 1.54) is 23.3 Å². The van der Waals surface area contributed by atoms with Gasteiger partial charge in [-0.15, -0.1) is 0 Å². The third kappa shape index (κ3) is 3.07. The number of alkyl halides is 2. The molecule has 0 saturated carbocycles. The Hall–Kier alpha value is -1.85. The van der Waals surface area contributed by atoms with Gasteiger partial charge in [0.2, 0.25) is 0 Å². The highest BCUT2D eigenvalue weighted by Gasteiger charge is 2.49. The van der Waals surface area contributed by atoms with Gasteiger partial charge in [0.15, 0.2) is 0 Å². The zero-order valence-corrected chi connectivity index (χ0v) is 14.6. The molecule has 2 aromatic rings. The van der Waals surface area contributed by atoms with Gasteiger partial charge in [-0.05, 0) is 38.0 Å². The van der Waals surface area contributed by atoms with Crippen LogP contribution in [0.1, 0.15) is 49.1 Å². The molecular weight excluding hydrogens is 327 g/mol. The zero-order valence-electron chi connectivity index (χ0n) is 14.6. The summed E-state index contributed by atoms with van der Waals surface area (Å²) in [4.78, 5) is 2.05. The highest BCUT2D eigenvalue weighted by molar-refractivity contribution is 5.35. The van der Waals surface area contributed by atoms with Gasteiger partial charge in [0, 0.05) is 24.7 Å². The first-order valence-corrected chi connectivity index (χ1v) is 8.33. The molecule has 0 fully saturated rings. The molecule has 0 amide bonds. The number of nitrogens with zero attached hydrogens (tertiary/aromatic N) is 1. The molecule has 0 aromatic heterocycles. The highest BCUT2D eigenvalue weighted by Crippen LogP contribution is 2.42. The van der Waals surface area contributed by atoms with E-state index in [-0.39, 0.29) is 11.6 Å². The standard InChI is InChI=1S/C20H22F3NO/c1-13(24-11-14-7-4-5-8-15(14)12-24)16-9-6-10-17(18(16)21)20(22,23)19(2,3)25/h4-10,13,25H,11-12H2,1-3H3/t13-/m1/s1. The van der Waals surface area contributed by atoms with Crippen LogP contribution in [-0.2, 0) is 19.0 Å². The maximum Gasteiger partial charge on any atom is 0.303 e. The SMILES string of the molecule is C[C@H](c1cccc(C(F)(F)C(C)(C)O)c1F)N1Cc2ccccc2C1. The first-order chi connectivity index (χ1) is 11.6. The molecule has 1 atom stereocenters. The number of rotatable bonds is 4. The van der Waals surface area contributed by atoms with Crippen molar-refractivity contribution in [3.8, 4) is 0 Å². The van der Waals surface area contributed by atoms with Crippen molar-refractivity contribution in [3.05, 3.63) is 70.5 Å². The second-order valence-electron chi connectivity index (χ2n) is 7.19. The van der Waals surface area contributed by atoms with Crippen LogP contribution in [-0.4, -0.2) is 15.6 Å². The van der Waals surface area contributed by atoms with E-state index in [2.05, 4.69) is 4.90 Å². The molecule has 1 heterocycles. The Morgan fingerprint density at radius 2 is 1.56 bits per heavy atom. The Morgan fingerprint density at radius 1 is 1.00 bits per heavy atom. The smallest absolute Gasteiger partial charge is 0.303 e. The summed E-state index contributed by atoms with van der Waals surface area (Å²) in [5, 5.41) is 9.76. The molecule has 0 spiro atoms. The molecule has 0 bridgehead atoms. The largest absolute Gasteiger partial charge is 0.384 e. The number of fused-ring (bicyclic) bond motifs is 1. The second kappa shape index (κ2) is 6.15. The van der Waals surface area contributed by atoms with Gasteiger partial charge in [-0.25, -0.2) is 4.39 Å². The summed E-state index contributed by atoms with van der Waals surface area (Å²) in [6.45, 7) is 5.10. The minimum atomic E-state index is -3.68. The summed E-state index contributed by atoms with van der Waals surface area (Å²) in [5.74, 6) is -4.63. The van der Waals surface area contributed by atoms with Crippen LogP contribution in [0.4, 0.5) is 13.2 Å². The lowest BCUT2D eigenvalue weighted by Crippen LogP contribution is -2.41. The molecular formula is C20H22F3NO. The zero-order chi connectivity index (χ0) is 18.4. The van der Waals surface area contributed by atoms with Crippen LogP contribution in [0.5, 0.6) is 0 Å². The molecule has 134 valence electrons. The van der Waals surface area contributed by atoms with E-state index in [0.717, 1.165) is 19.9 Å². The molecule has 1 aliphatic rings. The van der Waals surface area contributed by atoms with Crippen molar-refractivity contribution in [2.24, 2.45) is 0 Å². The van der Waals surface area contributed by atoms with Gasteiger partial charge in [0.25, 0.3) is 0 Å². The predicted molar refractivity (Wildman–Crippen MR) is 90.7 cm³/mol. The van der Waals surface area contributed by atoms with Crippen LogP contribution in [0.15, 0.2) is 42.5 Å². The molecule has 5 heteroatoms. The van der Waals surface area contributed by atoms with Gasteiger partial charge in [-0.2, -0.15) is 8.78 Å². The molecule has 0 radical (unpaired) electrons. The number of halogens is 3. The van der Waals surface area contributed by atoms with E-state index in [0.29, 0.717) is 13.1 Å². The molecule has 2 aromatic carbocycles. The van der Waals surface area contributed by atoms with Crippen molar-refractivity contribution in [2.45, 2.75) is 51.4 Å². The van der Waals surface area contributed by atoms with Crippen molar-refractivity contribution >= 4 is 0 Å². The number of benzene rings is 2. The monoisotopic (exact) mass is 349 g/mol. The predicted octanol–water partition coefficient (Wildman–Crippen LogP) is 4.77. The van der Waals surface area contributed by atoms with Gasteiger partial charge in [-0.3, -0.25) is 4.90 Å². The Bertz CT molecular complexity index is 758. The van der Waals surface area contributed by atoms with Crippen LogP contribution in [0.3, 0.4) is 0 Å². The Morgan fingerprint density at radius 3 is 2.08 bits per heavy atom. The fraction of sp³-hybridized carbons (Fsp3) is 0.400. The lowest BCUT2D eigenvalue weighted by atomic mass is 9.90. The summed E-state index contributed by atoms with van der Waals surface area (Å²) in [7, 11) is 0. The summed E-state index contributed by atoms with van der Waals surface area (Å²) in [5.41, 5.74) is -0.546. The lowest BCUT2D eigenvalue weighted by molar-refractivity contribution is -0.170. The Balaban J connectivity index is 1.93. The number of aliphatic hydroxyl groups is 1. The van der Waals surface area contributed by atoms with E-state index in [9.17, 15) is 18.3 Å². The number of hydrogen-bond acceptors (Lipinski definition) is 2. The van der Waals surface area contributed by atoms with E-state index in [1.807, 2.05) is 31.2 Å². The minimum absolute atomic E-state index is 0.217. The van der Waals surface area contributed by atoms with Crippen molar-refractivity contribution in [1.29, 1.82) is 0 Å². The Kier molecular flexibility index (Phi) is 4.41. The van der Waals surface area contributed by atoms with Gasteiger partial charge in [0.05, 0.1) is 5.56 Å². The fourth-order valence-corrected chi connectivity index (χ4v) is 3.27. The molecule has 25 heavy (non-hydrogen) atoms. The van der Waals surface area contributed by atoms with Gasteiger partial charge in [0.1, 0.15) is 11.4 Å². The van der Waals surface area contributed by atoms with Crippen LogP contribution in [0.2, 0.25) is 0 Å². The van der Waals surface area contributed by atoms with Crippen molar-refractivity contribution < 1.29 is 18.3 Å². The maximum atomic E-state index is 14.9.